The van der Waals surface area contributed by atoms with E-state index in [1.54, 1.807) is 6.92 Å². The van der Waals surface area contributed by atoms with E-state index in [0.29, 0.717) is 26.1 Å². The van der Waals surface area contributed by atoms with E-state index in [4.69, 9.17) is 4.74 Å². The molecule has 0 N–H and O–H groups in total. The first-order valence-corrected chi connectivity index (χ1v) is 14.1. The monoisotopic (exact) mass is 486 g/mol. The van der Waals surface area contributed by atoms with Crippen LogP contribution in [0, 0.1) is 0 Å². The molecule has 1 aromatic rings. The lowest BCUT2D eigenvalue weighted by Gasteiger charge is -2.29. The predicted molar refractivity (Wildman–Crippen MR) is 118 cm³/mol. The maximum Gasteiger partial charge on any atom is 0.338 e. The van der Waals surface area contributed by atoms with Gasteiger partial charge in [-0.3, -0.25) is 4.79 Å². The molecule has 2 atom stereocenters. The van der Waals surface area contributed by atoms with Crippen molar-refractivity contribution in [2.45, 2.75) is 56.6 Å². The highest BCUT2D eigenvalue weighted by atomic mass is 32.2. The Labute approximate surface area is 189 Å². The molecular formula is C21H30N2O7S2. The molecule has 0 unspecified atom stereocenters. The standard InChI is InChI=1S/C21H30N2O7S2/c1-3-23(18-10-13-31(26,27)15-18)20(24)16(2)30-21(25)17-8-7-9-19(14-17)32(28,29)22-11-5-4-6-12-22/h7-9,14,16,18H,3-6,10-13,15H2,1-2H3/t16-,18-/m1/s1. The van der Waals surface area contributed by atoms with Gasteiger partial charge in [0.2, 0.25) is 10.0 Å². The van der Waals surface area contributed by atoms with Gasteiger partial charge in [0.15, 0.2) is 15.9 Å². The van der Waals surface area contributed by atoms with Gasteiger partial charge < -0.3 is 9.64 Å². The fourth-order valence-electron chi connectivity index (χ4n) is 4.17. The number of piperidine rings is 1. The molecule has 32 heavy (non-hydrogen) atoms. The van der Waals surface area contributed by atoms with Crippen molar-refractivity contribution in [3.8, 4) is 0 Å². The summed E-state index contributed by atoms with van der Waals surface area (Å²) >= 11 is 0. The molecule has 2 saturated heterocycles. The highest BCUT2D eigenvalue weighted by Gasteiger charge is 2.36. The molecule has 0 radical (unpaired) electrons. The van der Waals surface area contributed by atoms with Crippen LogP contribution in [0.25, 0.3) is 0 Å². The first kappa shape index (κ1) is 24.7. The van der Waals surface area contributed by atoms with E-state index in [1.165, 1.54) is 40.4 Å². The molecule has 1 amide bonds. The molecule has 11 heteroatoms. The zero-order valence-electron chi connectivity index (χ0n) is 18.4. The minimum Gasteiger partial charge on any atom is -0.449 e. The number of carbonyl (C=O) groups is 2. The zero-order chi connectivity index (χ0) is 23.5. The summed E-state index contributed by atoms with van der Waals surface area (Å²) < 4.78 is 56.0. The second kappa shape index (κ2) is 9.88. The molecule has 2 aliphatic rings. The van der Waals surface area contributed by atoms with Crippen LogP contribution in [0.2, 0.25) is 0 Å². The van der Waals surface area contributed by atoms with Gasteiger partial charge in [-0.1, -0.05) is 12.5 Å². The van der Waals surface area contributed by atoms with Gasteiger partial charge in [-0.25, -0.2) is 21.6 Å². The molecule has 0 spiro atoms. The van der Waals surface area contributed by atoms with Gasteiger partial charge >= 0.3 is 5.97 Å². The Morgan fingerprint density at radius 3 is 2.50 bits per heavy atom. The fraction of sp³-hybridized carbons (Fsp3) is 0.619. The minimum absolute atomic E-state index is 0.0131. The Bertz CT molecular complexity index is 1060. The third kappa shape index (κ3) is 5.49. The second-order valence-corrected chi connectivity index (χ2v) is 12.4. The number of nitrogens with zero attached hydrogens (tertiary/aromatic N) is 2. The minimum atomic E-state index is -3.71. The normalized spacial score (nSPS) is 22.2. The number of ether oxygens (including phenoxy) is 1. The highest BCUT2D eigenvalue weighted by Crippen LogP contribution is 2.22. The molecule has 2 aliphatic heterocycles. The Kier molecular flexibility index (Phi) is 7.61. The van der Waals surface area contributed by atoms with Crippen molar-refractivity contribution >= 4 is 31.7 Å². The van der Waals surface area contributed by atoms with Crippen molar-refractivity contribution < 1.29 is 31.2 Å². The van der Waals surface area contributed by atoms with Crippen molar-refractivity contribution in [2.75, 3.05) is 31.1 Å². The quantitative estimate of drug-likeness (QED) is 0.535. The van der Waals surface area contributed by atoms with E-state index in [0.717, 1.165) is 19.3 Å². The number of amides is 1. The third-order valence-corrected chi connectivity index (χ3v) is 9.57. The lowest BCUT2D eigenvalue weighted by atomic mass is 10.2. The number of rotatable bonds is 7. The van der Waals surface area contributed by atoms with E-state index in [9.17, 15) is 26.4 Å². The van der Waals surface area contributed by atoms with Crippen LogP contribution in [0.15, 0.2) is 29.2 Å². The van der Waals surface area contributed by atoms with Crippen LogP contribution >= 0.6 is 0 Å². The summed E-state index contributed by atoms with van der Waals surface area (Å²) in [4.78, 5) is 26.9. The zero-order valence-corrected chi connectivity index (χ0v) is 20.0. The molecule has 0 bridgehead atoms. The van der Waals surface area contributed by atoms with E-state index < -0.39 is 43.9 Å². The first-order chi connectivity index (χ1) is 15.0. The third-order valence-electron chi connectivity index (χ3n) is 5.93. The van der Waals surface area contributed by atoms with E-state index >= 15 is 0 Å². The summed E-state index contributed by atoms with van der Waals surface area (Å²) in [6.07, 6.45) is 1.83. The fourth-order valence-corrected chi connectivity index (χ4v) is 7.46. The van der Waals surface area contributed by atoms with Crippen LogP contribution in [-0.4, -0.2) is 81.2 Å². The van der Waals surface area contributed by atoms with Crippen molar-refractivity contribution in [3.63, 3.8) is 0 Å². The van der Waals surface area contributed by atoms with E-state index in [-0.39, 0.29) is 22.0 Å². The topological polar surface area (TPSA) is 118 Å². The number of carbonyl (C=O) groups excluding carboxylic acids is 2. The van der Waals surface area contributed by atoms with Crippen LogP contribution in [0.4, 0.5) is 0 Å². The molecule has 0 aromatic heterocycles. The first-order valence-electron chi connectivity index (χ1n) is 10.9. The molecule has 178 valence electrons. The second-order valence-electron chi connectivity index (χ2n) is 8.22. The van der Waals surface area contributed by atoms with E-state index in [2.05, 4.69) is 0 Å². The molecule has 0 aliphatic carbocycles. The van der Waals surface area contributed by atoms with Crippen LogP contribution in [0.5, 0.6) is 0 Å². The van der Waals surface area contributed by atoms with Crippen LogP contribution in [0.1, 0.15) is 49.9 Å². The predicted octanol–water partition coefficient (Wildman–Crippen LogP) is 1.44. The number of sulfonamides is 1. The molecule has 0 saturated carbocycles. The van der Waals surface area contributed by atoms with Gasteiger partial charge in [0.25, 0.3) is 5.91 Å². The Balaban J connectivity index is 1.70. The number of esters is 1. The van der Waals surface area contributed by atoms with Crippen molar-refractivity contribution in [1.29, 1.82) is 0 Å². The lowest BCUT2D eigenvalue weighted by molar-refractivity contribution is -0.141. The van der Waals surface area contributed by atoms with Crippen LogP contribution < -0.4 is 0 Å². The number of hydrogen-bond acceptors (Lipinski definition) is 7. The molecule has 1 aromatic carbocycles. The highest BCUT2D eigenvalue weighted by molar-refractivity contribution is 7.91. The van der Waals surface area contributed by atoms with Gasteiger partial charge in [0.1, 0.15) is 0 Å². The summed E-state index contributed by atoms with van der Waals surface area (Å²) in [6, 6.07) is 5.19. The molecule has 2 fully saturated rings. The number of sulfone groups is 1. The average Bonchev–Trinajstić information content (AvgIpc) is 3.14. The van der Waals surface area contributed by atoms with Crippen molar-refractivity contribution in [2.24, 2.45) is 0 Å². The van der Waals surface area contributed by atoms with Crippen LogP contribution in [0.3, 0.4) is 0 Å². The molecule has 9 nitrogen and oxygen atoms in total. The Morgan fingerprint density at radius 2 is 1.91 bits per heavy atom. The lowest BCUT2D eigenvalue weighted by Crippen LogP contribution is -2.46. The maximum absolute atomic E-state index is 12.9. The van der Waals surface area contributed by atoms with Gasteiger partial charge in [0.05, 0.1) is 22.0 Å². The average molecular weight is 487 g/mol. The summed E-state index contributed by atoms with van der Waals surface area (Å²) in [7, 11) is -6.88. The molecule has 2 heterocycles. The Morgan fingerprint density at radius 1 is 1.22 bits per heavy atom. The summed E-state index contributed by atoms with van der Waals surface area (Å²) in [5, 5.41) is 0. The largest absolute Gasteiger partial charge is 0.449 e. The number of hydrogen-bond donors (Lipinski definition) is 0. The van der Waals surface area contributed by atoms with Crippen molar-refractivity contribution in [1.82, 2.24) is 9.21 Å². The number of benzene rings is 1. The smallest absolute Gasteiger partial charge is 0.338 e. The summed E-state index contributed by atoms with van der Waals surface area (Å²) in [6.45, 7) is 4.37. The molecule has 3 rings (SSSR count). The Hall–Kier alpha value is -1.98. The van der Waals surface area contributed by atoms with Gasteiger partial charge in [-0.2, -0.15) is 4.31 Å². The summed E-state index contributed by atoms with van der Waals surface area (Å²) in [5.74, 6) is -1.34. The van der Waals surface area contributed by atoms with Crippen molar-refractivity contribution in [3.05, 3.63) is 29.8 Å². The van der Waals surface area contributed by atoms with Gasteiger partial charge in [-0.15, -0.1) is 0 Å². The SMILES string of the molecule is CCN(C(=O)[C@@H](C)OC(=O)c1cccc(S(=O)(=O)N2CCCCC2)c1)[C@@H]1CCS(=O)(=O)C1. The number of likely N-dealkylation sites (N-methyl/N-ethyl adjacent to an activating group) is 1. The maximum atomic E-state index is 12.9. The van der Waals surface area contributed by atoms with Gasteiger partial charge in [0, 0.05) is 25.7 Å². The van der Waals surface area contributed by atoms with E-state index in [1.807, 2.05) is 0 Å². The summed E-state index contributed by atoms with van der Waals surface area (Å²) in [5.41, 5.74) is 0.0363. The van der Waals surface area contributed by atoms with Gasteiger partial charge in [-0.05, 0) is 51.3 Å². The molecular weight excluding hydrogens is 456 g/mol. The van der Waals surface area contributed by atoms with Crippen LogP contribution in [-0.2, 0) is 29.4 Å².